The van der Waals surface area contributed by atoms with Gasteiger partial charge in [0.15, 0.2) is 0 Å². The van der Waals surface area contributed by atoms with Crippen LogP contribution in [0.5, 0.6) is 0 Å². The number of nitrogens with zero attached hydrogens (tertiary/aromatic N) is 4. The van der Waals surface area contributed by atoms with Gasteiger partial charge in [0.25, 0.3) is 10.2 Å². The third kappa shape index (κ3) is 4.68. The smallest absolute Gasteiger partial charge is 0.282 e. The van der Waals surface area contributed by atoms with Crippen molar-refractivity contribution in [2.45, 2.75) is 44.9 Å². The highest BCUT2D eigenvalue weighted by Crippen LogP contribution is 2.42. The fourth-order valence-corrected chi connectivity index (χ4v) is 7.49. The Morgan fingerprint density at radius 3 is 2.26 bits per heavy atom. The minimum atomic E-state index is -3.51. The van der Waals surface area contributed by atoms with E-state index in [0.717, 1.165) is 43.6 Å². The second-order valence-electron chi connectivity index (χ2n) is 10.4. The molecule has 1 N–H and O–H groups in total. The van der Waals surface area contributed by atoms with Crippen LogP contribution in [0.2, 0.25) is 0 Å². The van der Waals surface area contributed by atoms with Crippen molar-refractivity contribution < 1.29 is 13.5 Å². The number of fused-ring (bicyclic) bond motifs is 1. The van der Waals surface area contributed by atoms with Crippen LogP contribution in [0.1, 0.15) is 35.4 Å². The highest BCUT2D eigenvalue weighted by Gasteiger charge is 2.50. The molecular weight excluding hydrogens is 460 g/mol. The van der Waals surface area contributed by atoms with Gasteiger partial charge in [-0.05, 0) is 61.6 Å². The summed E-state index contributed by atoms with van der Waals surface area (Å²) in [6.45, 7) is 8.66. The van der Waals surface area contributed by atoms with E-state index in [1.54, 1.807) is 8.61 Å². The predicted octanol–water partition coefficient (Wildman–Crippen LogP) is 2.64. The fourth-order valence-electron chi connectivity index (χ4n) is 5.84. The quantitative estimate of drug-likeness (QED) is 0.702. The second kappa shape index (κ2) is 9.92. The molecule has 2 aromatic rings. The van der Waals surface area contributed by atoms with Gasteiger partial charge < -0.3 is 10.0 Å². The number of hydrogen-bond donors (Lipinski definition) is 1. The monoisotopic (exact) mass is 498 g/mol. The van der Waals surface area contributed by atoms with Crippen molar-refractivity contribution in [2.75, 3.05) is 52.9 Å². The Morgan fingerprint density at radius 2 is 1.54 bits per heavy atom. The van der Waals surface area contributed by atoms with Crippen molar-refractivity contribution in [3.63, 3.8) is 0 Å². The highest BCUT2D eigenvalue weighted by molar-refractivity contribution is 7.86. The van der Waals surface area contributed by atoms with Gasteiger partial charge in [-0.3, -0.25) is 4.90 Å². The lowest BCUT2D eigenvalue weighted by molar-refractivity contribution is -0.148. The summed E-state index contributed by atoms with van der Waals surface area (Å²) in [5.41, 5.74) is 6.01. The van der Waals surface area contributed by atoms with Crippen LogP contribution >= 0.6 is 0 Å². The highest BCUT2D eigenvalue weighted by atomic mass is 32.2. The van der Waals surface area contributed by atoms with Crippen molar-refractivity contribution in [3.05, 3.63) is 59.2 Å². The van der Waals surface area contributed by atoms with Gasteiger partial charge in [0.05, 0.1) is 0 Å². The standard InChI is InChI=1S/C27H38N4O3S/c1-20-7-6-8-24(21(20)2)22-9-11-23(12-10-22)26-25-19-30(13-4-5-14-31(25)27(26)32)35(33,34)29-17-15-28(3)16-18-29/h6-12,25-27,32H,4-5,13-19H2,1-3H3/t25-,26-,27+/m0/s1. The van der Waals surface area contributed by atoms with E-state index in [9.17, 15) is 13.5 Å². The number of benzene rings is 2. The zero-order valence-corrected chi connectivity index (χ0v) is 21.9. The fraction of sp³-hybridized carbons (Fsp3) is 0.556. The lowest BCUT2D eigenvalue weighted by atomic mass is 9.79. The van der Waals surface area contributed by atoms with Crippen LogP contribution in [0.4, 0.5) is 0 Å². The molecule has 5 rings (SSSR count). The van der Waals surface area contributed by atoms with Crippen LogP contribution in [-0.4, -0.2) is 97.1 Å². The van der Waals surface area contributed by atoms with E-state index in [4.69, 9.17) is 0 Å². The number of aryl methyl sites for hydroxylation is 1. The Balaban J connectivity index is 1.37. The summed E-state index contributed by atoms with van der Waals surface area (Å²) in [5.74, 6) is -0.0917. The Kier molecular flexibility index (Phi) is 7.05. The Bertz CT molecular complexity index is 1150. The maximum Gasteiger partial charge on any atom is 0.282 e. The molecule has 3 saturated heterocycles. The number of likely N-dealkylation sites (N-methyl/N-ethyl adjacent to an activating group) is 1. The summed E-state index contributed by atoms with van der Waals surface area (Å²) < 4.78 is 30.4. The largest absolute Gasteiger partial charge is 0.378 e. The first-order chi connectivity index (χ1) is 16.8. The van der Waals surface area contributed by atoms with Crippen LogP contribution < -0.4 is 0 Å². The predicted molar refractivity (Wildman–Crippen MR) is 139 cm³/mol. The van der Waals surface area contributed by atoms with E-state index >= 15 is 0 Å². The van der Waals surface area contributed by atoms with Gasteiger partial charge >= 0.3 is 0 Å². The molecule has 3 aliphatic heterocycles. The summed E-state index contributed by atoms with van der Waals surface area (Å²) >= 11 is 0. The van der Waals surface area contributed by atoms with E-state index in [0.29, 0.717) is 26.2 Å². The summed E-state index contributed by atoms with van der Waals surface area (Å²) in [7, 11) is -1.48. The minimum absolute atomic E-state index is 0.0147. The van der Waals surface area contributed by atoms with Crippen molar-refractivity contribution >= 4 is 10.2 Å². The lowest BCUT2D eigenvalue weighted by Crippen LogP contribution is -2.67. The molecule has 0 saturated carbocycles. The Morgan fingerprint density at radius 1 is 0.857 bits per heavy atom. The van der Waals surface area contributed by atoms with Gasteiger partial charge in [-0.2, -0.15) is 17.0 Å². The van der Waals surface area contributed by atoms with Crippen molar-refractivity contribution in [1.82, 2.24) is 18.4 Å². The van der Waals surface area contributed by atoms with Gasteiger partial charge in [0.2, 0.25) is 0 Å². The van der Waals surface area contributed by atoms with Gasteiger partial charge in [-0.15, -0.1) is 0 Å². The first-order valence-corrected chi connectivity index (χ1v) is 14.2. The second-order valence-corrected chi connectivity index (χ2v) is 12.3. The van der Waals surface area contributed by atoms with Gasteiger partial charge in [-0.1, -0.05) is 42.5 Å². The van der Waals surface area contributed by atoms with Gasteiger partial charge in [-0.25, -0.2) is 0 Å². The van der Waals surface area contributed by atoms with E-state index in [1.807, 2.05) is 7.05 Å². The topological polar surface area (TPSA) is 67.3 Å². The number of aliphatic hydroxyl groups excluding tert-OH is 1. The summed E-state index contributed by atoms with van der Waals surface area (Å²) in [6, 6.07) is 14.8. The molecule has 3 atom stereocenters. The maximum atomic E-state index is 13.5. The van der Waals surface area contributed by atoms with E-state index in [1.165, 1.54) is 16.7 Å². The molecule has 0 radical (unpaired) electrons. The average Bonchev–Trinajstić information content (AvgIpc) is 2.83. The van der Waals surface area contributed by atoms with Crippen molar-refractivity contribution in [1.29, 1.82) is 0 Å². The minimum Gasteiger partial charge on any atom is -0.378 e. The van der Waals surface area contributed by atoms with Crippen LogP contribution in [0, 0.1) is 13.8 Å². The molecule has 0 bridgehead atoms. The average molecular weight is 499 g/mol. The SMILES string of the molecule is Cc1cccc(-c2ccc([C@@H]3[C@@H](O)N4CCCCN(S(=O)(=O)N5CCN(C)CC5)C[C@@H]34)cc2)c1C. The van der Waals surface area contributed by atoms with Crippen LogP contribution in [0.15, 0.2) is 42.5 Å². The van der Waals surface area contributed by atoms with Gasteiger partial charge in [0, 0.05) is 57.8 Å². The molecule has 3 fully saturated rings. The molecule has 0 amide bonds. The number of hydrogen-bond acceptors (Lipinski definition) is 5. The van der Waals surface area contributed by atoms with E-state index in [2.05, 4.69) is 66.1 Å². The molecule has 8 heteroatoms. The van der Waals surface area contributed by atoms with Crippen LogP contribution in [-0.2, 0) is 10.2 Å². The molecule has 0 aliphatic carbocycles. The summed E-state index contributed by atoms with van der Waals surface area (Å²) in [4.78, 5) is 4.26. The number of aliphatic hydroxyl groups is 1. The molecule has 3 heterocycles. The zero-order chi connectivity index (χ0) is 24.7. The Labute approximate surface area is 210 Å². The molecule has 35 heavy (non-hydrogen) atoms. The molecule has 0 aromatic heterocycles. The molecule has 190 valence electrons. The molecule has 2 aromatic carbocycles. The Hall–Kier alpha value is -1.81. The van der Waals surface area contributed by atoms with Crippen LogP contribution in [0.3, 0.4) is 0 Å². The first-order valence-electron chi connectivity index (χ1n) is 12.8. The third-order valence-corrected chi connectivity index (χ3v) is 10.3. The number of piperazine rings is 1. The van der Waals surface area contributed by atoms with Crippen molar-refractivity contribution in [2.24, 2.45) is 0 Å². The normalized spacial score (nSPS) is 27.6. The summed E-state index contributed by atoms with van der Waals surface area (Å²) in [6.07, 6.45) is 1.14. The molecule has 7 nitrogen and oxygen atoms in total. The lowest BCUT2D eigenvalue weighted by Gasteiger charge is -2.55. The van der Waals surface area contributed by atoms with Gasteiger partial charge in [0.1, 0.15) is 6.23 Å². The zero-order valence-electron chi connectivity index (χ0n) is 21.1. The maximum absolute atomic E-state index is 13.5. The molecular formula is C27H38N4O3S. The molecule has 0 unspecified atom stereocenters. The number of rotatable bonds is 4. The summed E-state index contributed by atoms with van der Waals surface area (Å²) in [5, 5.41) is 11.0. The molecule has 3 aliphatic rings. The van der Waals surface area contributed by atoms with Crippen molar-refractivity contribution in [3.8, 4) is 11.1 Å². The molecule has 0 spiro atoms. The van der Waals surface area contributed by atoms with E-state index < -0.39 is 16.4 Å². The van der Waals surface area contributed by atoms with Crippen LogP contribution in [0.25, 0.3) is 11.1 Å². The van der Waals surface area contributed by atoms with E-state index in [-0.39, 0.29) is 12.0 Å². The third-order valence-electron chi connectivity index (χ3n) is 8.29. The first kappa shape index (κ1) is 24.9.